The van der Waals surface area contributed by atoms with E-state index in [4.69, 9.17) is 16.3 Å². The maximum Gasteiger partial charge on any atom is 0.416 e. The van der Waals surface area contributed by atoms with Crippen LogP contribution in [0.15, 0.2) is 60.7 Å². The van der Waals surface area contributed by atoms with Crippen molar-refractivity contribution in [2.75, 3.05) is 17.7 Å². The lowest BCUT2D eigenvalue weighted by atomic mass is 9.57. The van der Waals surface area contributed by atoms with Gasteiger partial charge in [-0.25, -0.2) is 4.79 Å². The zero-order valence-corrected chi connectivity index (χ0v) is 23.6. The molecule has 0 aliphatic heterocycles. The van der Waals surface area contributed by atoms with E-state index in [0.717, 1.165) is 42.7 Å². The molecular weight excluding hydrogens is 537 g/mol. The van der Waals surface area contributed by atoms with Gasteiger partial charge in [0.15, 0.2) is 0 Å². The first kappa shape index (κ1) is 28.3. The Balaban J connectivity index is 1.42. The van der Waals surface area contributed by atoms with Crippen molar-refractivity contribution in [3.63, 3.8) is 0 Å². The number of para-hydroxylation sites is 1. The lowest BCUT2D eigenvalue weighted by molar-refractivity contribution is -0.137. The number of hydrogen-bond acceptors (Lipinski definition) is 4. The van der Waals surface area contributed by atoms with Crippen LogP contribution >= 0.6 is 11.6 Å². The largest absolute Gasteiger partial charge is 0.465 e. The fourth-order valence-electron chi connectivity index (χ4n) is 6.94. The molecule has 0 spiro atoms. The average Bonchev–Trinajstić information content (AvgIpc) is 2.88. The number of halogens is 4. The second-order valence-electron chi connectivity index (χ2n) is 11.8. The molecule has 3 aromatic rings. The number of carbonyl (C=O) groups excluding carboxylic acids is 1. The molecule has 2 atom stereocenters. The minimum atomic E-state index is -4.57. The lowest BCUT2D eigenvalue weighted by Crippen LogP contribution is -2.38. The Kier molecular flexibility index (Phi) is 7.79. The van der Waals surface area contributed by atoms with Crippen LogP contribution in [0.4, 0.5) is 35.9 Å². The number of methoxy groups -OCH3 is 1. The van der Waals surface area contributed by atoms with Gasteiger partial charge in [0.1, 0.15) is 0 Å². The number of ether oxygens (including phenoxy) is 1. The first-order chi connectivity index (χ1) is 18.9. The minimum absolute atomic E-state index is 0.0379. The number of fused-ring (bicyclic) bond motifs is 2. The van der Waals surface area contributed by atoms with Crippen LogP contribution < -0.4 is 10.6 Å². The molecule has 5 rings (SSSR count). The number of esters is 1. The molecule has 0 aromatic heterocycles. The SMILES string of the molecule is COC(=O)c1ccccc1Nc1cc(Nc2ccc(C3(C)CC4CC(C)CC(C4)C3)cc2Cl)cc(C(F)(F)F)c1. The van der Waals surface area contributed by atoms with Gasteiger partial charge < -0.3 is 15.4 Å². The summed E-state index contributed by atoms with van der Waals surface area (Å²) in [5.41, 5.74) is 1.84. The maximum atomic E-state index is 13.8. The van der Waals surface area contributed by atoms with Gasteiger partial charge in [0.2, 0.25) is 0 Å². The number of anilines is 4. The number of carbonyl (C=O) groups is 1. The summed E-state index contributed by atoms with van der Waals surface area (Å²) in [6.45, 7) is 4.67. The quantitative estimate of drug-likeness (QED) is 0.290. The summed E-state index contributed by atoms with van der Waals surface area (Å²) in [6, 6.07) is 16.0. The van der Waals surface area contributed by atoms with Crippen molar-refractivity contribution in [1.82, 2.24) is 0 Å². The number of hydrogen-bond donors (Lipinski definition) is 2. The highest BCUT2D eigenvalue weighted by atomic mass is 35.5. The highest BCUT2D eigenvalue weighted by Gasteiger charge is 2.42. The van der Waals surface area contributed by atoms with Gasteiger partial charge in [0, 0.05) is 11.4 Å². The molecule has 2 N–H and O–H groups in total. The van der Waals surface area contributed by atoms with Crippen molar-refractivity contribution in [1.29, 1.82) is 0 Å². The standard InChI is InChI=1S/C32H34ClF3N2O2/c1-19-10-20-12-21(11-19)18-31(2,17-20)22-8-9-29(27(33)15-22)38-25-14-23(32(34,35)36)13-24(16-25)37-28-7-5-4-6-26(28)30(39)40-3/h4-9,13-16,19-21,37-38H,10-12,17-18H2,1-3H3. The topological polar surface area (TPSA) is 50.4 Å². The predicted octanol–water partition coefficient (Wildman–Crippen LogP) is 9.74. The van der Waals surface area contributed by atoms with Gasteiger partial charge in [0.05, 0.1) is 34.6 Å². The minimum Gasteiger partial charge on any atom is -0.465 e. The molecule has 3 aromatic carbocycles. The molecule has 2 bridgehead atoms. The van der Waals surface area contributed by atoms with Crippen LogP contribution in [0.5, 0.6) is 0 Å². The maximum absolute atomic E-state index is 13.8. The van der Waals surface area contributed by atoms with Crippen LogP contribution in [0.25, 0.3) is 0 Å². The monoisotopic (exact) mass is 570 g/mol. The Labute approximate surface area is 238 Å². The van der Waals surface area contributed by atoms with Gasteiger partial charge in [-0.3, -0.25) is 0 Å². The third-order valence-electron chi connectivity index (χ3n) is 8.43. The molecule has 2 unspecified atom stereocenters. The number of rotatable bonds is 6. The highest BCUT2D eigenvalue weighted by molar-refractivity contribution is 6.33. The Hall–Kier alpha value is -3.19. The first-order valence-corrected chi connectivity index (χ1v) is 14.0. The molecule has 0 heterocycles. The summed E-state index contributed by atoms with van der Waals surface area (Å²) in [5.74, 6) is 1.64. The van der Waals surface area contributed by atoms with Gasteiger partial charge in [-0.2, -0.15) is 13.2 Å². The third kappa shape index (κ3) is 6.09. The Morgan fingerprint density at radius 3 is 2.15 bits per heavy atom. The Bertz CT molecular complexity index is 1390. The van der Waals surface area contributed by atoms with E-state index in [2.05, 4.69) is 30.5 Å². The molecule has 8 heteroatoms. The second-order valence-corrected chi connectivity index (χ2v) is 12.2. The smallest absolute Gasteiger partial charge is 0.416 e. The van der Waals surface area contributed by atoms with Crippen molar-refractivity contribution in [2.45, 2.75) is 57.5 Å². The van der Waals surface area contributed by atoms with Gasteiger partial charge in [-0.05, 0) is 103 Å². The zero-order chi connectivity index (χ0) is 28.7. The summed E-state index contributed by atoms with van der Waals surface area (Å²) in [7, 11) is 1.25. The van der Waals surface area contributed by atoms with Crippen LogP contribution in [-0.4, -0.2) is 13.1 Å². The van der Waals surface area contributed by atoms with Gasteiger partial charge in [-0.1, -0.05) is 43.6 Å². The fraction of sp³-hybridized carbons (Fsp3) is 0.406. The summed E-state index contributed by atoms with van der Waals surface area (Å²) in [4.78, 5) is 12.2. The van der Waals surface area contributed by atoms with Crippen LogP contribution in [0.1, 0.15) is 67.4 Å². The fourth-order valence-corrected chi connectivity index (χ4v) is 7.17. The van der Waals surface area contributed by atoms with Crippen LogP contribution in [0.2, 0.25) is 5.02 Å². The summed E-state index contributed by atoms with van der Waals surface area (Å²) in [5, 5.41) is 6.49. The van der Waals surface area contributed by atoms with E-state index in [1.165, 1.54) is 31.9 Å². The van der Waals surface area contributed by atoms with Crippen LogP contribution in [0, 0.1) is 17.8 Å². The zero-order valence-electron chi connectivity index (χ0n) is 22.9. The van der Waals surface area contributed by atoms with E-state index in [-0.39, 0.29) is 22.4 Å². The normalized spacial score (nSPS) is 24.3. The molecule has 0 saturated heterocycles. The van der Waals surface area contributed by atoms with Crippen molar-refractivity contribution in [2.24, 2.45) is 17.8 Å². The van der Waals surface area contributed by atoms with E-state index in [0.29, 0.717) is 16.4 Å². The van der Waals surface area contributed by atoms with Gasteiger partial charge >= 0.3 is 12.1 Å². The van der Waals surface area contributed by atoms with Crippen LogP contribution in [0.3, 0.4) is 0 Å². The molecule has 2 aliphatic carbocycles. The first-order valence-electron chi connectivity index (χ1n) is 13.7. The van der Waals surface area contributed by atoms with Crippen LogP contribution in [-0.2, 0) is 16.3 Å². The molecule has 212 valence electrons. The number of nitrogens with one attached hydrogen (secondary N) is 2. The van der Waals surface area contributed by atoms with E-state index < -0.39 is 17.7 Å². The van der Waals surface area contributed by atoms with E-state index in [9.17, 15) is 18.0 Å². The summed E-state index contributed by atoms with van der Waals surface area (Å²) >= 11 is 6.72. The second kappa shape index (κ2) is 11.0. The van der Waals surface area contributed by atoms with Crippen molar-refractivity contribution in [3.05, 3.63) is 82.4 Å². The molecule has 4 nitrogen and oxygen atoms in total. The third-order valence-corrected chi connectivity index (χ3v) is 8.75. The number of benzene rings is 3. The predicted molar refractivity (Wildman–Crippen MR) is 154 cm³/mol. The van der Waals surface area contributed by atoms with Gasteiger partial charge in [0.25, 0.3) is 0 Å². The molecule has 40 heavy (non-hydrogen) atoms. The Morgan fingerprint density at radius 1 is 0.925 bits per heavy atom. The van der Waals surface area contributed by atoms with Crippen molar-refractivity contribution < 1.29 is 22.7 Å². The van der Waals surface area contributed by atoms with Gasteiger partial charge in [-0.15, -0.1) is 0 Å². The average molecular weight is 571 g/mol. The van der Waals surface area contributed by atoms with E-state index in [1.54, 1.807) is 30.3 Å². The lowest BCUT2D eigenvalue weighted by Gasteiger charge is -2.47. The molecular formula is C32H34ClF3N2O2. The van der Waals surface area contributed by atoms with E-state index >= 15 is 0 Å². The molecule has 0 radical (unpaired) electrons. The molecule has 2 saturated carbocycles. The summed E-state index contributed by atoms with van der Waals surface area (Å²) in [6.07, 6.45) is 1.54. The molecule has 0 amide bonds. The number of alkyl halides is 3. The molecule has 2 aliphatic rings. The van der Waals surface area contributed by atoms with E-state index in [1.807, 2.05) is 12.1 Å². The van der Waals surface area contributed by atoms with Crippen molar-refractivity contribution >= 4 is 40.3 Å². The summed E-state index contributed by atoms with van der Waals surface area (Å²) < 4.78 is 46.3. The highest BCUT2D eigenvalue weighted by Crippen LogP contribution is 2.52. The van der Waals surface area contributed by atoms with Crippen molar-refractivity contribution in [3.8, 4) is 0 Å². The molecule has 2 fully saturated rings. The Morgan fingerprint density at radius 2 is 1.55 bits per heavy atom.